The van der Waals surface area contributed by atoms with Gasteiger partial charge in [0.2, 0.25) is 5.95 Å². The molecule has 26 heavy (non-hydrogen) atoms. The number of anilines is 2. The van der Waals surface area contributed by atoms with Crippen LogP contribution < -0.4 is 5.32 Å². The number of para-hydroxylation sites is 1. The average Bonchev–Trinajstić information content (AvgIpc) is 3.33. The molecule has 4 rings (SSSR count). The van der Waals surface area contributed by atoms with Gasteiger partial charge in [-0.25, -0.2) is 15.0 Å². The Morgan fingerprint density at radius 3 is 2.62 bits per heavy atom. The number of aryl methyl sites for hydroxylation is 1. The molecule has 1 amide bonds. The molecule has 2 aromatic heterocycles. The maximum atomic E-state index is 12.5. The predicted molar refractivity (Wildman–Crippen MR) is 97.8 cm³/mol. The fourth-order valence-corrected chi connectivity index (χ4v) is 2.86. The summed E-state index contributed by atoms with van der Waals surface area (Å²) in [4.78, 5) is 26.6. The number of hydrogen-bond donors (Lipinski definition) is 1. The highest BCUT2D eigenvalue weighted by molar-refractivity contribution is 5.93. The molecule has 7 nitrogen and oxygen atoms in total. The first-order valence-corrected chi connectivity index (χ1v) is 8.46. The lowest BCUT2D eigenvalue weighted by Gasteiger charge is -2.13. The predicted octanol–water partition coefficient (Wildman–Crippen LogP) is 3.00. The molecular weight excluding hydrogens is 330 g/mol. The monoisotopic (exact) mass is 349 g/mol. The summed E-state index contributed by atoms with van der Waals surface area (Å²) < 4.78 is 1.80. The summed E-state index contributed by atoms with van der Waals surface area (Å²) in [5.74, 6) is 0.400. The maximum absolute atomic E-state index is 12.5. The minimum Gasteiger partial charge on any atom is -0.346 e. The van der Waals surface area contributed by atoms with Crippen LogP contribution in [0.3, 0.4) is 0 Å². The molecule has 0 unspecified atom stereocenters. The summed E-state index contributed by atoms with van der Waals surface area (Å²) in [7, 11) is 1.85. The first-order chi connectivity index (χ1) is 12.7. The molecule has 0 saturated carbocycles. The number of aromatic nitrogens is 3. The summed E-state index contributed by atoms with van der Waals surface area (Å²) in [6.07, 6.45) is 6.25. The van der Waals surface area contributed by atoms with Gasteiger partial charge in [-0.05, 0) is 24.6 Å². The number of nitrogens with one attached hydrogen (secondary N) is 1. The summed E-state index contributed by atoms with van der Waals surface area (Å²) in [6.45, 7) is 1.22. The molecule has 1 aliphatic rings. The topological polar surface area (TPSA) is 72.3 Å². The molecule has 3 aromatic rings. The van der Waals surface area contributed by atoms with Crippen LogP contribution in [0.2, 0.25) is 0 Å². The Hall–Kier alpha value is -3.19. The van der Waals surface area contributed by atoms with Crippen LogP contribution in [0.25, 0.3) is 11.1 Å². The summed E-state index contributed by atoms with van der Waals surface area (Å²) in [6, 6.07) is 11.6. The Morgan fingerprint density at radius 1 is 1.15 bits per heavy atom. The normalized spacial score (nSPS) is 13.8. The van der Waals surface area contributed by atoms with Crippen LogP contribution in [0, 0.1) is 0 Å². The zero-order chi connectivity index (χ0) is 17.9. The van der Waals surface area contributed by atoms with Gasteiger partial charge >= 0.3 is 0 Å². The van der Waals surface area contributed by atoms with E-state index >= 15 is 0 Å². The van der Waals surface area contributed by atoms with E-state index in [-0.39, 0.29) is 5.91 Å². The van der Waals surface area contributed by atoms with Crippen molar-refractivity contribution in [1.29, 1.82) is 0 Å². The van der Waals surface area contributed by atoms with Gasteiger partial charge in [0.15, 0.2) is 0 Å². The lowest BCUT2D eigenvalue weighted by molar-refractivity contribution is -0.0773. The molecule has 0 bridgehead atoms. The highest BCUT2D eigenvalue weighted by Crippen LogP contribution is 2.23. The number of nitrogens with zero attached hydrogens (tertiary/aromatic N) is 4. The Labute approximate surface area is 151 Å². The van der Waals surface area contributed by atoms with E-state index in [2.05, 4.69) is 15.3 Å². The molecule has 7 heteroatoms. The Bertz CT molecular complexity index is 899. The molecule has 1 saturated heterocycles. The summed E-state index contributed by atoms with van der Waals surface area (Å²) in [5.41, 5.74) is 3.24. The van der Waals surface area contributed by atoms with Crippen LogP contribution in [0.15, 0.2) is 55.0 Å². The highest BCUT2D eigenvalue weighted by Gasteiger charge is 2.23. The number of benzene rings is 1. The van der Waals surface area contributed by atoms with Crippen molar-refractivity contribution in [1.82, 2.24) is 19.6 Å². The number of amides is 1. The first kappa shape index (κ1) is 16.3. The molecule has 1 N–H and O–H groups in total. The lowest BCUT2D eigenvalue weighted by atomic mass is 10.2. The Kier molecular flexibility index (Phi) is 4.37. The van der Waals surface area contributed by atoms with Crippen LogP contribution in [-0.2, 0) is 11.9 Å². The second kappa shape index (κ2) is 6.97. The summed E-state index contributed by atoms with van der Waals surface area (Å²) >= 11 is 0. The molecule has 1 fully saturated rings. The third-order valence-electron chi connectivity index (χ3n) is 4.22. The second-order valence-corrected chi connectivity index (χ2v) is 6.11. The SMILES string of the molecule is Cn1cc(-c2cnc(Nc3ccccc3)nc2)cc1C(=O)N1CCCO1. The molecular formula is C19H19N5O2. The van der Waals surface area contributed by atoms with E-state index in [4.69, 9.17) is 4.84 Å². The van der Waals surface area contributed by atoms with Crippen molar-refractivity contribution in [3.63, 3.8) is 0 Å². The van der Waals surface area contributed by atoms with Crippen molar-refractivity contribution < 1.29 is 9.63 Å². The second-order valence-electron chi connectivity index (χ2n) is 6.11. The van der Waals surface area contributed by atoms with Crippen LogP contribution in [0.4, 0.5) is 11.6 Å². The standard InChI is InChI=1S/C19H19N5O2/c1-23-13-14(10-17(23)18(25)24-8-5-9-26-24)15-11-20-19(21-12-15)22-16-6-3-2-4-7-16/h2-4,6-7,10-13H,5,8-9H2,1H3,(H,20,21,22). The first-order valence-electron chi connectivity index (χ1n) is 8.46. The van der Waals surface area contributed by atoms with Crippen molar-refractivity contribution >= 4 is 17.5 Å². The Morgan fingerprint density at radius 2 is 1.92 bits per heavy atom. The quantitative estimate of drug-likeness (QED) is 0.784. The maximum Gasteiger partial charge on any atom is 0.294 e. The minimum absolute atomic E-state index is 0.125. The molecule has 0 radical (unpaired) electrons. The van der Waals surface area contributed by atoms with Crippen molar-refractivity contribution in [2.45, 2.75) is 6.42 Å². The lowest BCUT2D eigenvalue weighted by Crippen LogP contribution is -2.28. The van der Waals surface area contributed by atoms with Crippen molar-refractivity contribution in [3.05, 3.63) is 60.7 Å². The molecule has 0 aliphatic carbocycles. The van der Waals surface area contributed by atoms with Crippen LogP contribution in [-0.4, -0.2) is 38.7 Å². The van der Waals surface area contributed by atoms with E-state index in [1.807, 2.05) is 49.6 Å². The Balaban J connectivity index is 1.52. The number of rotatable bonds is 4. The molecule has 1 aromatic carbocycles. The van der Waals surface area contributed by atoms with Gasteiger partial charge in [0, 0.05) is 42.5 Å². The van der Waals surface area contributed by atoms with Gasteiger partial charge in [-0.2, -0.15) is 0 Å². The molecule has 0 atom stereocenters. The number of carbonyl (C=O) groups excluding carboxylic acids is 1. The van der Waals surface area contributed by atoms with E-state index < -0.39 is 0 Å². The minimum atomic E-state index is -0.125. The van der Waals surface area contributed by atoms with Gasteiger partial charge in [-0.3, -0.25) is 9.63 Å². The zero-order valence-electron chi connectivity index (χ0n) is 14.4. The fourth-order valence-electron chi connectivity index (χ4n) is 2.86. The van der Waals surface area contributed by atoms with E-state index in [1.54, 1.807) is 17.0 Å². The zero-order valence-corrected chi connectivity index (χ0v) is 14.4. The largest absolute Gasteiger partial charge is 0.346 e. The van der Waals surface area contributed by atoms with E-state index in [0.29, 0.717) is 24.8 Å². The van der Waals surface area contributed by atoms with Gasteiger partial charge in [-0.15, -0.1) is 0 Å². The van der Waals surface area contributed by atoms with E-state index in [0.717, 1.165) is 23.2 Å². The van der Waals surface area contributed by atoms with Gasteiger partial charge in [0.25, 0.3) is 5.91 Å². The van der Waals surface area contributed by atoms with E-state index in [9.17, 15) is 4.79 Å². The smallest absolute Gasteiger partial charge is 0.294 e. The summed E-state index contributed by atoms with van der Waals surface area (Å²) in [5, 5.41) is 4.57. The number of hydrogen-bond acceptors (Lipinski definition) is 5. The van der Waals surface area contributed by atoms with Crippen molar-refractivity contribution in [3.8, 4) is 11.1 Å². The van der Waals surface area contributed by atoms with Gasteiger partial charge in [0.1, 0.15) is 5.69 Å². The van der Waals surface area contributed by atoms with Crippen molar-refractivity contribution in [2.75, 3.05) is 18.5 Å². The van der Waals surface area contributed by atoms with Crippen LogP contribution in [0.5, 0.6) is 0 Å². The third kappa shape index (κ3) is 3.29. The fraction of sp³-hybridized carbons (Fsp3) is 0.211. The van der Waals surface area contributed by atoms with Gasteiger partial charge < -0.3 is 9.88 Å². The van der Waals surface area contributed by atoms with Crippen LogP contribution in [0.1, 0.15) is 16.9 Å². The highest BCUT2D eigenvalue weighted by atomic mass is 16.7. The number of hydroxylamine groups is 2. The van der Waals surface area contributed by atoms with Crippen molar-refractivity contribution in [2.24, 2.45) is 7.05 Å². The molecule has 3 heterocycles. The van der Waals surface area contributed by atoms with Gasteiger partial charge in [-0.1, -0.05) is 18.2 Å². The van der Waals surface area contributed by atoms with Crippen LogP contribution >= 0.6 is 0 Å². The van der Waals surface area contributed by atoms with E-state index in [1.165, 1.54) is 5.06 Å². The van der Waals surface area contributed by atoms with Gasteiger partial charge in [0.05, 0.1) is 13.2 Å². The molecule has 132 valence electrons. The average molecular weight is 349 g/mol. The molecule has 0 spiro atoms. The molecule has 1 aliphatic heterocycles. The number of carbonyl (C=O) groups is 1. The third-order valence-corrected chi connectivity index (χ3v) is 4.22.